The Bertz CT molecular complexity index is 875. The summed E-state index contributed by atoms with van der Waals surface area (Å²) in [6.07, 6.45) is 5.59. The second-order valence-corrected chi connectivity index (χ2v) is 8.10. The molecule has 1 atom stereocenters. The van der Waals surface area contributed by atoms with Crippen LogP contribution in [0.2, 0.25) is 0 Å². The number of nitrogens with one attached hydrogen (secondary N) is 1. The Morgan fingerprint density at radius 1 is 1.23 bits per heavy atom. The Hall–Kier alpha value is -2.71. The summed E-state index contributed by atoms with van der Waals surface area (Å²) in [5, 5.41) is 11.7. The second kappa shape index (κ2) is 11.1. The van der Waals surface area contributed by atoms with Crippen molar-refractivity contribution in [2.45, 2.75) is 32.4 Å². The van der Waals surface area contributed by atoms with Gasteiger partial charge in [-0.3, -0.25) is 9.69 Å². The molecule has 1 N–H and O–H groups in total. The third-order valence-electron chi connectivity index (χ3n) is 5.53. The smallest absolute Gasteiger partial charge is 0.222 e. The van der Waals surface area contributed by atoms with Crippen LogP contribution in [-0.2, 0) is 22.5 Å². The molecule has 1 amide bonds. The van der Waals surface area contributed by atoms with E-state index in [4.69, 9.17) is 4.74 Å². The molecule has 2 heterocycles. The quantitative estimate of drug-likeness (QED) is 0.662. The zero-order chi connectivity index (χ0) is 22.2. The number of hydrogen-bond donors (Lipinski definition) is 1. The van der Waals surface area contributed by atoms with Gasteiger partial charge in [0.05, 0.1) is 12.6 Å². The predicted molar refractivity (Wildman–Crippen MR) is 123 cm³/mol. The molecule has 1 aliphatic heterocycles. The highest BCUT2D eigenvalue weighted by Crippen LogP contribution is 2.16. The maximum atomic E-state index is 12.0. The highest BCUT2D eigenvalue weighted by molar-refractivity contribution is 5.76. The number of ether oxygens (including phenoxy) is 1. The van der Waals surface area contributed by atoms with Crippen molar-refractivity contribution in [3.8, 4) is 0 Å². The molecule has 1 aromatic carbocycles. The van der Waals surface area contributed by atoms with Crippen LogP contribution in [0.4, 0.5) is 5.69 Å². The molecule has 3 rings (SSSR count). The summed E-state index contributed by atoms with van der Waals surface area (Å²) in [6, 6.07) is 8.37. The van der Waals surface area contributed by atoms with Crippen molar-refractivity contribution in [2.24, 2.45) is 0 Å². The fraction of sp³-hybridized carbons (Fsp3) is 0.522. The second-order valence-electron chi connectivity index (χ2n) is 8.10. The van der Waals surface area contributed by atoms with E-state index in [1.807, 2.05) is 21.0 Å². The zero-order valence-electron chi connectivity index (χ0n) is 19.0. The van der Waals surface area contributed by atoms with Gasteiger partial charge in [-0.05, 0) is 24.6 Å². The molecule has 8 heteroatoms. The van der Waals surface area contributed by atoms with Gasteiger partial charge in [0.1, 0.15) is 5.82 Å². The molecule has 0 fully saturated rings. The van der Waals surface area contributed by atoms with E-state index < -0.39 is 0 Å². The van der Waals surface area contributed by atoms with Crippen LogP contribution in [0.5, 0.6) is 0 Å². The van der Waals surface area contributed by atoms with Gasteiger partial charge < -0.3 is 19.5 Å². The fourth-order valence-corrected chi connectivity index (χ4v) is 3.69. The van der Waals surface area contributed by atoms with E-state index in [-0.39, 0.29) is 11.9 Å². The van der Waals surface area contributed by atoms with Gasteiger partial charge in [0.25, 0.3) is 0 Å². The van der Waals surface area contributed by atoms with E-state index in [0.717, 1.165) is 44.2 Å². The standard InChI is InChI=1S/C23H34N6O2/c1-18(24-22(30)12-17-31-4)23-26-25-21-11-14-28(15-16-29(21)23)13-5-6-19-7-9-20(10-8-19)27(2)3/h5-10,18H,11-17H2,1-4H3,(H,24,30). The lowest BCUT2D eigenvalue weighted by Crippen LogP contribution is -2.30. The van der Waals surface area contributed by atoms with Crippen LogP contribution >= 0.6 is 0 Å². The number of anilines is 1. The molecule has 31 heavy (non-hydrogen) atoms. The largest absolute Gasteiger partial charge is 0.384 e. The number of methoxy groups -OCH3 is 1. The molecule has 2 aromatic rings. The Morgan fingerprint density at radius 2 is 2.00 bits per heavy atom. The topological polar surface area (TPSA) is 75.5 Å². The van der Waals surface area contributed by atoms with Gasteiger partial charge in [-0.25, -0.2) is 0 Å². The first-order valence-corrected chi connectivity index (χ1v) is 10.8. The Morgan fingerprint density at radius 3 is 2.71 bits per heavy atom. The number of rotatable bonds is 9. The number of aromatic nitrogens is 3. The first kappa shape index (κ1) is 23.0. The van der Waals surface area contributed by atoms with Crippen LogP contribution in [0.15, 0.2) is 30.3 Å². The van der Waals surface area contributed by atoms with Crippen LogP contribution in [0.3, 0.4) is 0 Å². The summed E-state index contributed by atoms with van der Waals surface area (Å²) in [7, 11) is 5.69. The number of carbonyl (C=O) groups is 1. The summed E-state index contributed by atoms with van der Waals surface area (Å²) in [5.41, 5.74) is 2.41. The Labute approximate surface area is 184 Å². The summed E-state index contributed by atoms with van der Waals surface area (Å²) < 4.78 is 7.13. The number of amides is 1. The van der Waals surface area contributed by atoms with E-state index in [1.54, 1.807) is 7.11 Å². The normalized spacial score (nSPS) is 15.5. The molecule has 0 aliphatic carbocycles. The van der Waals surface area contributed by atoms with Gasteiger partial charge in [-0.2, -0.15) is 0 Å². The van der Waals surface area contributed by atoms with Crippen molar-refractivity contribution in [3.05, 3.63) is 47.6 Å². The van der Waals surface area contributed by atoms with Crippen molar-refractivity contribution in [1.29, 1.82) is 0 Å². The number of carbonyl (C=O) groups excluding carboxylic acids is 1. The monoisotopic (exact) mass is 426 g/mol. The van der Waals surface area contributed by atoms with Gasteiger partial charge in [0.15, 0.2) is 5.82 Å². The number of fused-ring (bicyclic) bond motifs is 1. The lowest BCUT2D eigenvalue weighted by molar-refractivity contribution is -0.122. The highest BCUT2D eigenvalue weighted by atomic mass is 16.5. The number of benzene rings is 1. The van der Waals surface area contributed by atoms with Crippen molar-refractivity contribution < 1.29 is 9.53 Å². The average Bonchev–Trinajstić information content (AvgIpc) is 3.06. The first-order chi connectivity index (χ1) is 15.0. The summed E-state index contributed by atoms with van der Waals surface area (Å²) in [4.78, 5) is 16.5. The van der Waals surface area contributed by atoms with Crippen LogP contribution < -0.4 is 10.2 Å². The molecule has 0 saturated heterocycles. The molecule has 0 radical (unpaired) electrons. The summed E-state index contributed by atoms with van der Waals surface area (Å²) >= 11 is 0. The van der Waals surface area contributed by atoms with Crippen LogP contribution in [-0.4, -0.2) is 73.0 Å². The van der Waals surface area contributed by atoms with Gasteiger partial charge >= 0.3 is 0 Å². The molecule has 0 saturated carbocycles. The minimum atomic E-state index is -0.179. The molecule has 168 valence electrons. The molecule has 1 aromatic heterocycles. The zero-order valence-corrected chi connectivity index (χ0v) is 19.0. The third kappa shape index (κ3) is 6.38. The van der Waals surface area contributed by atoms with E-state index >= 15 is 0 Å². The van der Waals surface area contributed by atoms with Crippen LogP contribution in [0.1, 0.15) is 36.6 Å². The van der Waals surface area contributed by atoms with Crippen LogP contribution in [0.25, 0.3) is 6.08 Å². The van der Waals surface area contributed by atoms with Gasteiger partial charge in [-0.1, -0.05) is 24.3 Å². The molecule has 1 unspecified atom stereocenters. The fourth-order valence-electron chi connectivity index (χ4n) is 3.69. The maximum Gasteiger partial charge on any atom is 0.222 e. The lowest BCUT2D eigenvalue weighted by Gasteiger charge is -2.18. The van der Waals surface area contributed by atoms with Crippen LogP contribution in [0, 0.1) is 0 Å². The molecule has 0 spiro atoms. The molecule has 0 bridgehead atoms. The van der Waals surface area contributed by atoms with E-state index in [0.29, 0.717) is 13.0 Å². The van der Waals surface area contributed by atoms with Gasteiger partial charge in [0.2, 0.25) is 5.91 Å². The SMILES string of the molecule is COCCC(=O)NC(C)c1nnc2n1CCN(CC=Cc1ccc(N(C)C)cc1)CC2. The average molecular weight is 427 g/mol. The minimum absolute atomic E-state index is 0.0364. The predicted octanol–water partition coefficient (Wildman–Crippen LogP) is 2.13. The lowest BCUT2D eigenvalue weighted by atomic mass is 10.2. The van der Waals surface area contributed by atoms with Gasteiger partial charge in [0, 0.05) is 65.9 Å². The maximum absolute atomic E-state index is 12.0. The van der Waals surface area contributed by atoms with Crippen molar-refractivity contribution in [1.82, 2.24) is 25.0 Å². The van der Waals surface area contributed by atoms with Gasteiger partial charge in [-0.15, -0.1) is 10.2 Å². The molecular formula is C23H34N6O2. The first-order valence-electron chi connectivity index (χ1n) is 10.8. The van der Waals surface area contributed by atoms with E-state index in [2.05, 4.69) is 66.3 Å². The molecular weight excluding hydrogens is 392 g/mol. The number of hydrogen-bond acceptors (Lipinski definition) is 6. The minimum Gasteiger partial charge on any atom is -0.384 e. The summed E-state index contributed by atoms with van der Waals surface area (Å²) in [5.74, 6) is 1.77. The Balaban J connectivity index is 1.53. The highest BCUT2D eigenvalue weighted by Gasteiger charge is 2.22. The Kier molecular flexibility index (Phi) is 8.20. The summed E-state index contributed by atoms with van der Waals surface area (Å²) in [6.45, 7) is 5.95. The molecule has 1 aliphatic rings. The van der Waals surface area contributed by atoms with E-state index in [9.17, 15) is 4.79 Å². The van der Waals surface area contributed by atoms with E-state index in [1.165, 1.54) is 11.3 Å². The third-order valence-corrected chi connectivity index (χ3v) is 5.53. The van der Waals surface area contributed by atoms with Crippen molar-refractivity contribution in [2.75, 3.05) is 52.3 Å². The number of nitrogens with zero attached hydrogens (tertiary/aromatic N) is 5. The van der Waals surface area contributed by atoms with Crippen molar-refractivity contribution in [3.63, 3.8) is 0 Å². The van der Waals surface area contributed by atoms with Crippen molar-refractivity contribution >= 4 is 17.7 Å². The molecule has 8 nitrogen and oxygen atoms in total.